The van der Waals surface area contributed by atoms with Gasteiger partial charge < -0.3 is 14.0 Å². The van der Waals surface area contributed by atoms with E-state index in [0.717, 1.165) is 28.4 Å². The SMILES string of the molecule is c1ccc(C2(c3ccccc3)c3ccccc3-c3cc(N(c4ccc(-n5c6ccccc6c6ccccc65)cc4)c4ccc(-n5c6ccccc6c6ccccc65)cc4)ccc32)cc1. The maximum absolute atomic E-state index is 2.42. The maximum atomic E-state index is 2.42. The van der Waals surface area contributed by atoms with E-state index in [0.29, 0.717) is 0 Å². The summed E-state index contributed by atoms with van der Waals surface area (Å²) in [7, 11) is 0. The summed E-state index contributed by atoms with van der Waals surface area (Å²) in [6, 6.07) is 91.2. The molecule has 3 nitrogen and oxygen atoms in total. The van der Waals surface area contributed by atoms with Crippen LogP contribution in [0.5, 0.6) is 0 Å². The van der Waals surface area contributed by atoms with E-state index in [-0.39, 0.29) is 0 Å². The third-order valence-electron chi connectivity index (χ3n) is 13.6. The second-order valence-electron chi connectivity index (χ2n) is 16.9. The summed E-state index contributed by atoms with van der Waals surface area (Å²) in [6.45, 7) is 0. The quantitative estimate of drug-likeness (QED) is 0.156. The molecule has 2 aromatic heterocycles. The molecule has 12 aromatic rings. The molecular formula is C61H41N3. The van der Waals surface area contributed by atoms with Crippen molar-refractivity contribution >= 4 is 60.7 Å². The van der Waals surface area contributed by atoms with Crippen LogP contribution in [0.2, 0.25) is 0 Å². The van der Waals surface area contributed by atoms with Gasteiger partial charge in [0.25, 0.3) is 0 Å². The normalized spacial score (nSPS) is 12.8. The second-order valence-corrected chi connectivity index (χ2v) is 16.9. The van der Waals surface area contributed by atoms with Gasteiger partial charge in [0.2, 0.25) is 0 Å². The Hall–Kier alpha value is -8.40. The van der Waals surface area contributed by atoms with Crippen molar-refractivity contribution in [3.63, 3.8) is 0 Å². The number of benzene rings is 10. The first-order chi connectivity index (χ1) is 31.8. The van der Waals surface area contributed by atoms with Crippen LogP contribution in [0.4, 0.5) is 17.1 Å². The van der Waals surface area contributed by atoms with Crippen molar-refractivity contribution in [1.82, 2.24) is 9.13 Å². The van der Waals surface area contributed by atoms with Gasteiger partial charge in [0.15, 0.2) is 0 Å². The lowest BCUT2D eigenvalue weighted by atomic mass is 9.68. The number of rotatable bonds is 7. The molecule has 0 saturated heterocycles. The van der Waals surface area contributed by atoms with E-state index < -0.39 is 5.41 Å². The van der Waals surface area contributed by atoms with Crippen LogP contribution in [0, 0.1) is 0 Å². The van der Waals surface area contributed by atoms with Crippen LogP contribution in [0.15, 0.2) is 249 Å². The molecule has 2 heterocycles. The van der Waals surface area contributed by atoms with Crippen molar-refractivity contribution < 1.29 is 0 Å². The third-order valence-corrected chi connectivity index (χ3v) is 13.6. The van der Waals surface area contributed by atoms with Crippen molar-refractivity contribution in [1.29, 1.82) is 0 Å². The summed E-state index contributed by atoms with van der Waals surface area (Å²) in [5.41, 5.74) is 17.5. The fourth-order valence-corrected chi connectivity index (χ4v) is 10.9. The number of hydrogen-bond acceptors (Lipinski definition) is 1. The summed E-state index contributed by atoms with van der Waals surface area (Å²) in [5.74, 6) is 0. The standard InChI is InChI=1S/C61H41N3/c1-3-17-42(18-4-1)61(43-19-5-2-6-20-43)55-26-12-7-21-49(55)54-41-48(39-40-56(54)61)62(44-31-35-46(36-32-44)63-57-27-13-8-22-50(57)51-23-9-14-28-58(51)63)45-33-37-47(38-34-45)64-59-29-15-10-24-52(59)53-25-11-16-30-60(53)64/h1-41H. The predicted octanol–water partition coefficient (Wildman–Crippen LogP) is 15.7. The minimum atomic E-state index is -0.467. The Morgan fingerprint density at radius 1 is 0.281 bits per heavy atom. The number of hydrogen-bond donors (Lipinski definition) is 0. The van der Waals surface area contributed by atoms with Crippen LogP contribution in [0.25, 0.3) is 66.1 Å². The van der Waals surface area contributed by atoms with Crippen LogP contribution in [0.1, 0.15) is 22.3 Å². The van der Waals surface area contributed by atoms with Crippen molar-refractivity contribution in [3.8, 4) is 22.5 Å². The van der Waals surface area contributed by atoms with Crippen molar-refractivity contribution in [3.05, 3.63) is 271 Å². The molecule has 0 spiro atoms. The van der Waals surface area contributed by atoms with Gasteiger partial charge in [-0.3, -0.25) is 0 Å². The minimum Gasteiger partial charge on any atom is -0.310 e. The zero-order valence-electron chi connectivity index (χ0n) is 35.0. The Bertz CT molecular complexity index is 3410. The Kier molecular flexibility index (Phi) is 8.13. The Morgan fingerprint density at radius 2 is 0.641 bits per heavy atom. The molecule has 0 radical (unpaired) electrons. The molecule has 13 rings (SSSR count). The molecule has 0 fully saturated rings. The molecule has 0 unspecified atom stereocenters. The average molecular weight is 816 g/mol. The molecule has 10 aromatic carbocycles. The molecule has 0 atom stereocenters. The van der Waals surface area contributed by atoms with Crippen LogP contribution in [0.3, 0.4) is 0 Å². The van der Waals surface area contributed by atoms with Gasteiger partial charge in [0.1, 0.15) is 0 Å². The third kappa shape index (κ3) is 5.28. The highest BCUT2D eigenvalue weighted by molar-refractivity contribution is 6.10. The summed E-state index contributed by atoms with van der Waals surface area (Å²) in [5, 5.41) is 5.03. The molecule has 0 bridgehead atoms. The van der Waals surface area contributed by atoms with E-state index in [1.54, 1.807) is 0 Å². The van der Waals surface area contributed by atoms with E-state index in [1.807, 2.05) is 0 Å². The van der Waals surface area contributed by atoms with E-state index in [4.69, 9.17) is 0 Å². The Balaban J connectivity index is 1.00. The highest BCUT2D eigenvalue weighted by Crippen LogP contribution is 2.57. The number of anilines is 3. The second kappa shape index (κ2) is 14.3. The zero-order valence-corrected chi connectivity index (χ0v) is 35.0. The number of nitrogens with zero attached hydrogens (tertiary/aromatic N) is 3. The van der Waals surface area contributed by atoms with Gasteiger partial charge in [-0.05, 0) is 118 Å². The summed E-state index contributed by atoms with van der Waals surface area (Å²) in [6.07, 6.45) is 0. The largest absolute Gasteiger partial charge is 0.310 e. The van der Waals surface area contributed by atoms with E-state index in [2.05, 4.69) is 263 Å². The average Bonchev–Trinajstić information content (AvgIpc) is 4.00. The fraction of sp³-hybridized carbons (Fsp3) is 0.0164. The molecule has 64 heavy (non-hydrogen) atoms. The molecule has 1 aliphatic rings. The lowest BCUT2D eigenvalue weighted by molar-refractivity contribution is 0.768. The Morgan fingerprint density at radius 3 is 1.09 bits per heavy atom. The van der Waals surface area contributed by atoms with Gasteiger partial charge in [-0.1, -0.05) is 164 Å². The number of fused-ring (bicyclic) bond motifs is 9. The van der Waals surface area contributed by atoms with Crippen molar-refractivity contribution in [2.24, 2.45) is 0 Å². The molecular weight excluding hydrogens is 775 g/mol. The van der Waals surface area contributed by atoms with Crippen LogP contribution in [-0.4, -0.2) is 9.13 Å². The number of para-hydroxylation sites is 4. The summed E-state index contributed by atoms with van der Waals surface area (Å²) in [4.78, 5) is 2.42. The first-order valence-electron chi connectivity index (χ1n) is 22.1. The first kappa shape index (κ1) is 36.3. The van der Waals surface area contributed by atoms with Gasteiger partial charge >= 0.3 is 0 Å². The van der Waals surface area contributed by atoms with Gasteiger partial charge in [-0.25, -0.2) is 0 Å². The van der Waals surface area contributed by atoms with Crippen LogP contribution < -0.4 is 4.90 Å². The topological polar surface area (TPSA) is 13.1 Å². The molecule has 0 saturated carbocycles. The lowest BCUT2D eigenvalue weighted by Crippen LogP contribution is -2.28. The number of aromatic nitrogens is 2. The predicted molar refractivity (Wildman–Crippen MR) is 267 cm³/mol. The molecule has 0 amide bonds. The molecule has 0 N–H and O–H groups in total. The lowest BCUT2D eigenvalue weighted by Gasteiger charge is -2.34. The van der Waals surface area contributed by atoms with Crippen molar-refractivity contribution in [2.45, 2.75) is 5.41 Å². The molecule has 0 aliphatic heterocycles. The Labute approximate surface area is 372 Å². The minimum absolute atomic E-state index is 0.467. The van der Waals surface area contributed by atoms with E-state index in [1.165, 1.54) is 77.0 Å². The smallest absolute Gasteiger partial charge is 0.0713 e. The fourth-order valence-electron chi connectivity index (χ4n) is 10.9. The first-order valence-corrected chi connectivity index (χ1v) is 22.1. The summed E-state index contributed by atoms with van der Waals surface area (Å²) < 4.78 is 4.77. The highest BCUT2D eigenvalue weighted by atomic mass is 15.1. The van der Waals surface area contributed by atoms with Gasteiger partial charge in [-0.2, -0.15) is 0 Å². The zero-order chi connectivity index (χ0) is 42.2. The molecule has 3 heteroatoms. The molecule has 1 aliphatic carbocycles. The molecule has 300 valence electrons. The monoisotopic (exact) mass is 815 g/mol. The van der Waals surface area contributed by atoms with Gasteiger partial charge in [-0.15, -0.1) is 0 Å². The van der Waals surface area contributed by atoms with Gasteiger partial charge in [0, 0.05) is 50.0 Å². The van der Waals surface area contributed by atoms with Crippen molar-refractivity contribution in [2.75, 3.05) is 4.90 Å². The summed E-state index contributed by atoms with van der Waals surface area (Å²) >= 11 is 0. The van der Waals surface area contributed by atoms with E-state index >= 15 is 0 Å². The van der Waals surface area contributed by atoms with Crippen LogP contribution >= 0.6 is 0 Å². The highest BCUT2D eigenvalue weighted by Gasteiger charge is 2.46. The maximum Gasteiger partial charge on any atom is 0.0713 e. The van der Waals surface area contributed by atoms with Gasteiger partial charge in [0.05, 0.1) is 27.5 Å². The van der Waals surface area contributed by atoms with E-state index in [9.17, 15) is 0 Å². The van der Waals surface area contributed by atoms with Crippen LogP contribution in [-0.2, 0) is 5.41 Å².